The Balaban J connectivity index is 1.67. The summed E-state index contributed by atoms with van der Waals surface area (Å²) in [4.78, 5) is 36.8. The van der Waals surface area contributed by atoms with Crippen LogP contribution in [0.4, 0.5) is 4.79 Å². The van der Waals surface area contributed by atoms with Crippen LogP contribution in [0, 0.1) is 6.92 Å². The van der Waals surface area contributed by atoms with Crippen molar-refractivity contribution in [3.8, 4) is 17.2 Å². The number of hydrogen-bond acceptors (Lipinski definition) is 8. The number of hydrogen-bond donors (Lipinski definition) is 3. The van der Waals surface area contributed by atoms with Crippen LogP contribution in [0.2, 0.25) is 0 Å². The molecule has 1 atom stereocenters. The van der Waals surface area contributed by atoms with Crippen LogP contribution < -0.4 is 30.3 Å². The minimum absolute atomic E-state index is 0.193. The van der Waals surface area contributed by atoms with E-state index in [0.29, 0.717) is 22.8 Å². The molecule has 3 amide bonds. The van der Waals surface area contributed by atoms with Crippen molar-refractivity contribution in [1.82, 2.24) is 16.1 Å². The molecule has 0 aliphatic carbocycles. The maximum atomic E-state index is 12.5. The summed E-state index contributed by atoms with van der Waals surface area (Å²) < 4.78 is 21.4. The van der Waals surface area contributed by atoms with Gasteiger partial charge in [0.25, 0.3) is 5.91 Å². The number of nitrogens with one attached hydrogen (secondary N) is 3. The lowest BCUT2D eigenvalue weighted by Gasteiger charge is -2.28. The van der Waals surface area contributed by atoms with Crippen LogP contribution in [-0.2, 0) is 14.3 Å². The number of ether oxygens (including phenoxy) is 4. The van der Waals surface area contributed by atoms with Crippen LogP contribution in [0.5, 0.6) is 17.2 Å². The van der Waals surface area contributed by atoms with E-state index in [1.54, 1.807) is 39.2 Å². The number of hydrazone groups is 1. The smallest absolute Gasteiger partial charge is 0.338 e. The quantitative estimate of drug-likeness (QED) is 0.254. The SMILES string of the molecule is CCOC(=O)C1=C(C)NC(=O)N[C@@H]1c1ccc(OCC(=O)N/N=C\c2ccc(OC)c(C)c2)c(OC)c1. The molecule has 3 rings (SSSR count). The van der Waals surface area contributed by atoms with Crippen molar-refractivity contribution in [2.45, 2.75) is 26.8 Å². The molecule has 11 heteroatoms. The van der Waals surface area contributed by atoms with Crippen molar-refractivity contribution < 1.29 is 33.3 Å². The monoisotopic (exact) mass is 510 g/mol. The molecule has 0 unspecified atom stereocenters. The van der Waals surface area contributed by atoms with Gasteiger partial charge in [0.05, 0.1) is 38.7 Å². The number of urea groups is 1. The number of carbonyl (C=O) groups is 3. The molecule has 11 nitrogen and oxygen atoms in total. The molecule has 1 aliphatic rings. The fraction of sp³-hybridized carbons (Fsp3) is 0.308. The van der Waals surface area contributed by atoms with E-state index in [4.69, 9.17) is 18.9 Å². The second-order valence-corrected chi connectivity index (χ2v) is 8.01. The van der Waals surface area contributed by atoms with Gasteiger partial charge in [-0.15, -0.1) is 0 Å². The average molecular weight is 511 g/mol. The predicted molar refractivity (Wildman–Crippen MR) is 136 cm³/mol. The molecule has 196 valence electrons. The number of rotatable bonds is 10. The molecule has 1 aliphatic heterocycles. The van der Waals surface area contributed by atoms with E-state index in [1.807, 2.05) is 25.1 Å². The summed E-state index contributed by atoms with van der Waals surface area (Å²) in [6.45, 7) is 5.12. The van der Waals surface area contributed by atoms with Gasteiger partial charge in [-0.3, -0.25) is 4.79 Å². The summed E-state index contributed by atoms with van der Waals surface area (Å²) in [6, 6.07) is 9.21. The van der Waals surface area contributed by atoms with Gasteiger partial charge < -0.3 is 29.6 Å². The van der Waals surface area contributed by atoms with Gasteiger partial charge in [0.1, 0.15) is 5.75 Å². The van der Waals surface area contributed by atoms with Crippen LogP contribution in [0.25, 0.3) is 0 Å². The van der Waals surface area contributed by atoms with Crippen LogP contribution in [0.3, 0.4) is 0 Å². The van der Waals surface area contributed by atoms with E-state index in [1.165, 1.54) is 13.3 Å². The number of methoxy groups -OCH3 is 2. The molecule has 1 heterocycles. The maximum Gasteiger partial charge on any atom is 0.338 e. The highest BCUT2D eigenvalue weighted by Gasteiger charge is 2.32. The molecule has 0 bridgehead atoms. The highest BCUT2D eigenvalue weighted by Crippen LogP contribution is 2.34. The number of nitrogens with zero attached hydrogens (tertiary/aromatic N) is 1. The number of carbonyl (C=O) groups excluding carboxylic acids is 3. The number of allylic oxidation sites excluding steroid dienone is 1. The summed E-state index contributed by atoms with van der Waals surface area (Å²) in [5.74, 6) is 0.367. The van der Waals surface area contributed by atoms with Gasteiger partial charge in [0.15, 0.2) is 18.1 Å². The number of benzene rings is 2. The highest BCUT2D eigenvalue weighted by atomic mass is 16.5. The third kappa shape index (κ3) is 6.78. The third-order valence-electron chi connectivity index (χ3n) is 5.47. The summed E-state index contributed by atoms with van der Waals surface area (Å²) in [5, 5.41) is 9.27. The first kappa shape index (κ1) is 27.1. The lowest BCUT2D eigenvalue weighted by Crippen LogP contribution is -2.45. The van der Waals surface area contributed by atoms with Crippen LogP contribution in [0.15, 0.2) is 52.8 Å². The summed E-state index contributed by atoms with van der Waals surface area (Å²) >= 11 is 0. The Morgan fingerprint density at radius 3 is 2.46 bits per heavy atom. The molecule has 0 radical (unpaired) electrons. The standard InChI is InChI=1S/C26H30N4O7/c1-6-36-25(32)23-16(3)28-26(33)29-24(23)18-8-10-20(21(12-18)35-5)37-14-22(31)30-27-13-17-7-9-19(34-4)15(2)11-17/h7-13,24H,6,14H2,1-5H3,(H,30,31)(H2,28,29,33)/b27-13-/t24-/m1/s1. The van der Waals surface area contributed by atoms with Gasteiger partial charge in [-0.05, 0) is 67.8 Å². The Kier molecular flexibility index (Phi) is 9.09. The first-order chi connectivity index (χ1) is 17.8. The molecule has 3 N–H and O–H groups in total. The zero-order valence-corrected chi connectivity index (χ0v) is 21.3. The number of amides is 3. The molecule has 2 aromatic rings. The highest BCUT2D eigenvalue weighted by molar-refractivity contribution is 5.95. The fourth-order valence-electron chi connectivity index (χ4n) is 3.74. The summed E-state index contributed by atoms with van der Waals surface area (Å²) in [6.07, 6.45) is 1.52. The maximum absolute atomic E-state index is 12.5. The van der Waals surface area contributed by atoms with E-state index >= 15 is 0 Å². The summed E-state index contributed by atoms with van der Waals surface area (Å²) in [7, 11) is 3.05. The largest absolute Gasteiger partial charge is 0.496 e. The molecule has 0 saturated heterocycles. The topological polar surface area (TPSA) is 137 Å². The summed E-state index contributed by atoms with van der Waals surface area (Å²) in [5.41, 5.74) is 5.41. The zero-order valence-electron chi connectivity index (χ0n) is 21.3. The van der Waals surface area contributed by atoms with Gasteiger partial charge in [-0.25, -0.2) is 15.0 Å². The molecule has 0 saturated carbocycles. The van der Waals surface area contributed by atoms with Crippen molar-refractivity contribution >= 4 is 24.1 Å². The molecule has 0 fully saturated rings. The van der Waals surface area contributed by atoms with Crippen molar-refractivity contribution in [1.29, 1.82) is 0 Å². The second-order valence-electron chi connectivity index (χ2n) is 8.01. The van der Waals surface area contributed by atoms with Crippen LogP contribution in [-0.4, -0.2) is 51.6 Å². The molecular weight excluding hydrogens is 480 g/mol. The van der Waals surface area contributed by atoms with E-state index < -0.39 is 23.9 Å². The van der Waals surface area contributed by atoms with Gasteiger partial charge in [-0.1, -0.05) is 6.07 Å². The van der Waals surface area contributed by atoms with E-state index in [0.717, 1.165) is 16.9 Å². The van der Waals surface area contributed by atoms with Crippen molar-refractivity contribution in [3.63, 3.8) is 0 Å². The van der Waals surface area contributed by atoms with Gasteiger partial charge in [0, 0.05) is 5.70 Å². The Bertz CT molecular complexity index is 1240. The zero-order chi connectivity index (χ0) is 26.9. The van der Waals surface area contributed by atoms with Crippen molar-refractivity contribution in [2.24, 2.45) is 5.10 Å². The van der Waals surface area contributed by atoms with Gasteiger partial charge in [-0.2, -0.15) is 5.10 Å². The van der Waals surface area contributed by atoms with Crippen molar-refractivity contribution in [2.75, 3.05) is 27.4 Å². The Morgan fingerprint density at radius 2 is 1.78 bits per heavy atom. The van der Waals surface area contributed by atoms with Crippen LogP contribution in [0.1, 0.15) is 36.6 Å². The fourth-order valence-corrected chi connectivity index (χ4v) is 3.74. The van der Waals surface area contributed by atoms with E-state index in [2.05, 4.69) is 21.2 Å². The van der Waals surface area contributed by atoms with Gasteiger partial charge >= 0.3 is 12.0 Å². The predicted octanol–water partition coefficient (Wildman–Crippen LogP) is 2.73. The first-order valence-corrected chi connectivity index (χ1v) is 11.5. The Labute approximate surface area is 214 Å². The molecule has 0 spiro atoms. The first-order valence-electron chi connectivity index (χ1n) is 11.5. The number of esters is 1. The average Bonchev–Trinajstić information content (AvgIpc) is 2.87. The van der Waals surface area contributed by atoms with Crippen LogP contribution >= 0.6 is 0 Å². The van der Waals surface area contributed by atoms with E-state index in [9.17, 15) is 14.4 Å². The number of aryl methyl sites for hydroxylation is 1. The third-order valence-corrected chi connectivity index (χ3v) is 5.47. The lowest BCUT2D eigenvalue weighted by atomic mass is 9.95. The second kappa shape index (κ2) is 12.4. The molecule has 37 heavy (non-hydrogen) atoms. The normalized spacial score (nSPS) is 15.1. The molecule has 0 aromatic heterocycles. The Hall–Kier alpha value is -4.54. The molecule has 2 aromatic carbocycles. The Morgan fingerprint density at radius 1 is 1.05 bits per heavy atom. The minimum atomic E-state index is -0.755. The molecular formula is C26H30N4O7. The minimum Gasteiger partial charge on any atom is -0.496 e. The van der Waals surface area contributed by atoms with E-state index in [-0.39, 0.29) is 18.8 Å². The lowest BCUT2D eigenvalue weighted by molar-refractivity contribution is -0.139. The van der Waals surface area contributed by atoms with Crippen molar-refractivity contribution in [3.05, 3.63) is 64.4 Å². The van der Waals surface area contributed by atoms with Gasteiger partial charge in [0.2, 0.25) is 0 Å².